The number of nitrogens with zero attached hydrogens (tertiary/aromatic N) is 1. The van der Waals surface area contributed by atoms with E-state index in [-0.39, 0.29) is 11.8 Å². The summed E-state index contributed by atoms with van der Waals surface area (Å²) in [7, 11) is 1.61. The number of fused-ring (bicyclic) bond motifs is 1. The average molecular weight is 310 g/mol. The highest BCUT2D eigenvalue weighted by molar-refractivity contribution is 5.95. The van der Waals surface area contributed by atoms with E-state index in [9.17, 15) is 9.59 Å². The first-order chi connectivity index (χ1) is 10.7. The van der Waals surface area contributed by atoms with Gasteiger partial charge in [0.2, 0.25) is 11.8 Å². The zero-order valence-corrected chi connectivity index (χ0v) is 13.3. The van der Waals surface area contributed by atoms with E-state index >= 15 is 0 Å². The molecule has 0 radical (unpaired) electrons. The van der Waals surface area contributed by atoms with E-state index in [1.165, 1.54) is 0 Å². The van der Waals surface area contributed by atoms with Crippen LogP contribution in [0.25, 0.3) is 0 Å². The van der Waals surface area contributed by atoms with Crippen LogP contribution in [-0.4, -0.2) is 62.3 Å². The third-order valence-corrected chi connectivity index (χ3v) is 5.35. The van der Waals surface area contributed by atoms with Crippen LogP contribution in [0.5, 0.6) is 0 Å². The van der Waals surface area contributed by atoms with Crippen molar-refractivity contribution >= 4 is 11.8 Å². The molecule has 0 aromatic carbocycles. The highest BCUT2D eigenvalue weighted by Crippen LogP contribution is 2.56. The summed E-state index contributed by atoms with van der Waals surface area (Å²) >= 11 is 0. The van der Waals surface area contributed by atoms with Gasteiger partial charge in [0.15, 0.2) is 0 Å². The Morgan fingerprint density at radius 3 is 2.77 bits per heavy atom. The van der Waals surface area contributed by atoms with Crippen LogP contribution in [0.4, 0.5) is 0 Å². The monoisotopic (exact) mass is 310 g/mol. The molecule has 2 unspecified atom stereocenters. The normalized spacial score (nSPS) is 31.0. The Morgan fingerprint density at radius 1 is 1.32 bits per heavy atom. The SMILES string of the molecule is COCCNC(=O)C12CC1CCN2C(=O)CC1CCOCC1. The fourth-order valence-electron chi connectivity index (χ4n) is 3.95. The molecule has 6 heteroatoms. The van der Waals surface area contributed by atoms with Crippen LogP contribution in [-0.2, 0) is 19.1 Å². The lowest BCUT2D eigenvalue weighted by atomic mass is 9.95. The Kier molecular flexibility index (Phi) is 4.68. The molecule has 3 rings (SSSR count). The van der Waals surface area contributed by atoms with E-state index in [0.717, 1.165) is 45.4 Å². The van der Waals surface area contributed by atoms with Crippen LogP contribution < -0.4 is 5.32 Å². The quantitative estimate of drug-likeness (QED) is 0.728. The molecule has 1 aliphatic carbocycles. The van der Waals surface area contributed by atoms with E-state index in [1.807, 2.05) is 4.90 Å². The average Bonchev–Trinajstić information content (AvgIpc) is 3.14. The highest BCUT2D eigenvalue weighted by Gasteiger charge is 2.68. The number of nitrogens with one attached hydrogen (secondary N) is 1. The molecule has 1 saturated carbocycles. The third kappa shape index (κ3) is 2.86. The number of amides is 2. The van der Waals surface area contributed by atoms with Gasteiger partial charge in [0.1, 0.15) is 5.54 Å². The van der Waals surface area contributed by atoms with Crippen LogP contribution in [0, 0.1) is 11.8 Å². The number of hydrogen-bond donors (Lipinski definition) is 1. The van der Waals surface area contributed by atoms with E-state index in [0.29, 0.717) is 31.4 Å². The number of methoxy groups -OCH3 is 1. The summed E-state index contributed by atoms with van der Waals surface area (Å²) in [6, 6.07) is 0. The van der Waals surface area contributed by atoms with Crippen LogP contribution >= 0.6 is 0 Å². The van der Waals surface area contributed by atoms with Gasteiger partial charge in [-0.25, -0.2) is 0 Å². The van der Waals surface area contributed by atoms with Crippen molar-refractivity contribution in [3.8, 4) is 0 Å². The zero-order chi connectivity index (χ0) is 15.6. The Labute approximate surface area is 131 Å². The van der Waals surface area contributed by atoms with E-state index in [4.69, 9.17) is 9.47 Å². The maximum atomic E-state index is 12.7. The number of carbonyl (C=O) groups excluding carboxylic acids is 2. The second-order valence-electron chi connectivity index (χ2n) is 6.67. The van der Waals surface area contributed by atoms with Crippen molar-refractivity contribution in [2.45, 2.75) is 37.6 Å². The van der Waals surface area contributed by atoms with Crippen LogP contribution in [0.3, 0.4) is 0 Å². The minimum Gasteiger partial charge on any atom is -0.383 e. The molecule has 0 bridgehead atoms. The van der Waals surface area contributed by atoms with Gasteiger partial charge in [-0.3, -0.25) is 9.59 Å². The van der Waals surface area contributed by atoms with E-state index in [1.54, 1.807) is 7.11 Å². The van der Waals surface area contributed by atoms with Crippen molar-refractivity contribution in [1.29, 1.82) is 0 Å². The molecule has 2 atom stereocenters. The molecule has 2 amide bonds. The molecular formula is C16H26N2O4. The molecule has 2 heterocycles. The minimum atomic E-state index is -0.546. The van der Waals surface area contributed by atoms with Crippen LogP contribution in [0.1, 0.15) is 32.1 Å². The van der Waals surface area contributed by atoms with Gasteiger partial charge in [0, 0.05) is 39.8 Å². The summed E-state index contributed by atoms with van der Waals surface area (Å²) in [6.45, 7) is 3.24. The Bertz CT molecular complexity index is 436. The molecule has 22 heavy (non-hydrogen) atoms. The summed E-state index contributed by atoms with van der Waals surface area (Å²) < 4.78 is 10.3. The second kappa shape index (κ2) is 6.54. The molecule has 1 N–H and O–H groups in total. The Morgan fingerprint density at radius 2 is 2.09 bits per heavy atom. The molecule has 2 aliphatic heterocycles. The largest absolute Gasteiger partial charge is 0.383 e. The molecule has 2 saturated heterocycles. The van der Waals surface area contributed by atoms with E-state index < -0.39 is 5.54 Å². The lowest BCUT2D eigenvalue weighted by Crippen LogP contribution is -2.51. The van der Waals surface area contributed by atoms with Crippen molar-refractivity contribution in [3.05, 3.63) is 0 Å². The lowest BCUT2D eigenvalue weighted by Gasteiger charge is -2.30. The molecule has 0 aromatic rings. The number of likely N-dealkylation sites (tertiary alicyclic amines) is 1. The predicted octanol–water partition coefficient (Wildman–Crippen LogP) is 0.557. The molecule has 3 aliphatic rings. The summed E-state index contributed by atoms with van der Waals surface area (Å²) in [6.07, 6.45) is 4.25. The topological polar surface area (TPSA) is 67.9 Å². The minimum absolute atomic E-state index is 0.00683. The van der Waals surface area contributed by atoms with Crippen molar-refractivity contribution in [3.63, 3.8) is 0 Å². The highest BCUT2D eigenvalue weighted by atomic mass is 16.5. The number of ether oxygens (including phenoxy) is 2. The van der Waals surface area contributed by atoms with Gasteiger partial charge in [-0.2, -0.15) is 0 Å². The first-order valence-electron chi connectivity index (χ1n) is 8.34. The zero-order valence-electron chi connectivity index (χ0n) is 13.3. The first kappa shape index (κ1) is 15.7. The Hall–Kier alpha value is -1.14. The maximum Gasteiger partial charge on any atom is 0.246 e. The number of rotatable bonds is 6. The van der Waals surface area contributed by atoms with Crippen molar-refractivity contribution < 1.29 is 19.1 Å². The molecule has 0 aromatic heterocycles. The molecule has 3 fully saturated rings. The van der Waals surface area contributed by atoms with Crippen LogP contribution in [0.15, 0.2) is 0 Å². The summed E-state index contributed by atoms with van der Waals surface area (Å²) in [5.41, 5.74) is -0.546. The lowest BCUT2D eigenvalue weighted by molar-refractivity contribution is -0.142. The smallest absolute Gasteiger partial charge is 0.246 e. The number of piperidine rings is 1. The van der Waals surface area contributed by atoms with Gasteiger partial charge in [-0.15, -0.1) is 0 Å². The van der Waals surface area contributed by atoms with Crippen molar-refractivity contribution in [2.75, 3.05) is 40.0 Å². The van der Waals surface area contributed by atoms with Gasteiger partial charge in [0.25, 0.3) is 0 Å². The summed E-state index contributed by atoms with van der Waals surface area (Å²) in [5, 5.41) is 2.92. The van der Waals surface area contributed by atoms with Crippen molar-refractivity contribution in [2.24, 2.45) is 11.8 Å². The van der Waals surface area contributed by atoms with Gasteiger partial charge in [-0.1, -0.05) is 0 Å². The van der Waals surface area contributed by atoms with Crippen molar-refractivity contribution in [1.82, 2.24) is 10.2 Å². The maximum absolute atomic E-state index is 12.7. The first-order valence-corrected chi connectivity index (χ1v) is 8.34. The molecular weight excluding hydrogens is 284 g/mol. The standard InChI is InChI=1S/C16H26N2O4/c1-21-9-5-17-15(20)16-11-13(16)2-6-18(16)14(19)10-12-3-7-22-8-4-12/h12-13H,2-11H2,1H3,(H,17,20). The van der Waals surface area contributed by atoms with E-state index in [2.05, 4.69) is 5.32 Å². The third-order valence-electron chi connectivity index (χ3n) is 5.35. The van der Waals surface area contributed by atoms with Gasteiger partial charge in [0.05, 0.1) is 6.61 Å². The second-order valence-corrected chi connectivity index (χ2v) is 6.67. The van der Waals surface area contributed by atoms with Gasteiger partial charge >= 0.3 is 0 Å². The molecule has 0 spiro atoms. The fourth-order valence-corrected chi connectivity index (χ4v) is 3.95. The summed E-state index contributed by atoms with van der Waals surface area (Å²) in [5.74, 6) is 0.919. The molecule has 124 valence electrons. The van der Waals surface area contributed by atoms with Gasteiger partial charge in [-0.05, 0) is 37.5 Å². The predicted molar refractivity (Wildman–Crippen MR) is 80.2 cm³/mol. The van der Waals surface area contributed by atoms with Gasteiger partial charge < -0.3 is 19.7 Å². The van der Waals surface area contributed by atoms with Crippen LogP contribution in [0.2, 0.25) is 0 Å². The number of hydrogen-bond acceptors (Lipinski definition) is 4. The Balaban J connectivity index is 1.58. The number of carbonyl (C=O) groups is 2. The summed E-state index contributed by atoms with van der Waals surface area (Å²) in [4.78, 5) is 27.0. The molecule has 6 nitrogen and oxygen atoms in total. The fraction of sp³-hybridized carbons (Fsp3) is 0.875.